The van der Waals surface area contributed by atoms with Crippen molar-refractivity contribution in [3.8, 4) is 5.75 Å². The standard InChI is InChI=1S/C19H20F3NO3/c1-25-15-11-13-5-2-3-6-16(13)14(12-15)8-10-23-9-4-7-17(23)26-18(24)19(20,21)22/h2-3,5-6,11-12,17H,4,7-10H2,1H3. The van der Waals surface area contributed by atoms with E-state index < -0.39 is 18.4 Å². The molecule has 1 unspecified atom stereocenters. The van der Waals surface area contributed by atoms with Gasteiger partial charge in [0.1, 0.15) is 5.75 Å². The summed E-state index contributed by atoms with van der Waals surface area (Å²) in [5.41, 5.74) is 1.05. The van der Waals surface area contributed by atoms with Crippen molar-refractivity contribution >= 4 is 16.7 Å². The maximum Gasteiger partial charge on any atom is 0.490 e. The normalized spacial score (nSPS) is 18.2. The van der Waals surface area contributed by atoms with Crippen LogP contribution in [0.25, 0.3) is 10.8 Å². The van der Waals surface area contributed by atoms with Crippen LogP contribution in [0.2, 0.25) is 0 Å². The van der Waals surface area contributed by atoms with Gasteiger partial charge in [0.05, 0.1) is 7.11 Å². The molecule has 0 saturated carbocycles. The van der Waals surface area contributed by atoms with Gasteiger partial charge >= 0.3 is 12.1 Å². The minimum Gasteiger partial charge on any atom is -0.497 e. The Morgan fingerprint density at radius 1 is 1.27 bits per heavy atom. The largest absolute Gasteiger partial charge is 0.497 e. The molecule has 1 heterocycles. The van der Waals surface area contributed by atoms with E-state index in [0.29, 0.717) is 32.4 Å². The summed E-state index contributed by atoms with van der Waals surface area (Å²) >= 11 is 0. The summed E-state index contributed by atoms with van der Waals surface area (Å²) < 4.78 is 47.3. The van der Waals surface area contributed by atoms with E-state index in [9.17, 15) is 18.0 Å². The number of esters is 1. The van der Waals surface area contributed by atoms with Gasteiger partial charge in [-0.25, -0.2) is 4.79 Å². The molecule has 1 saturated heterocycles. The fourth-order valence-corrected chi connectivity index (χ4v) is 3.32. The van der Waals surface area contributed by atoms with Crippen LogP contribution < -0.4 is 4.74 Å². The molecule has 2 aromatic carbocycles. The highest BCUT2D eigenvalue weighted by Crippen LogP contribution is 2.28. The minimum atomic E-state index is -4.96. The zero-order valence-electron chi connectivity index (χ0n) is 14.4. The molecular weight excluding hydrogens is 347 g/mol. The number of likely N-dealkylation sites (tertiary alicyclic amines) is 1. The van der Waals surface area contributed by atoms with Crippen LogP contribution in [0.4, 0.5) is 13.2 Å². The summed E-state index contributed by atoms with van der Waals surface area (Å²) in [6.45, 7) is 1.12. The first-order valence-corrected chi connectivity index (χ1v) is 8.46. The predicted octanol–water partition coefficient (Wildman–Crippen LogP) is 3.92. The Labute approximate surface area is 149 Å². The molecule has 0 spiro atoms. The van der Waals surface area contributed by atoms with Crippen molar-refractivity contribution in [1.82, 2.24) is 4.90 Å². The van der Waals surface area contributed by atoms with E-state index in [1.54, 1.807) is 12.0 Å². The molecule has 140 valence electrons. The molecule has 0 N–H and O–H groups in total. The topological polar surface area (TPSA) is 38.8 Å². The summed E-state index contributed by atoms with van der Waals surface area (Å²) in [5.74, 6) is -1.39. The second kappa shape index (κ2) is 7.53. The van der Waals surface area contributed by atoms with Gasteiger partial charge in [-0.15, -0.1) is 0 Å². The molecule has 1 aliphatic heterocycles. The average molecular weight is 367 g/mol. The molecule has 7 heteroatoms. The molecule has 1 atom stereocenters. The average Bonchev–Trinajstić information content (AvgIpc) is 3.05. The van der Waals surface area contributed by atoms with Gasteiger partial charge in [-0.05, 0) is 47.7 Å². The van der Waals surface area contributed by atoms with Crippen LogP contribution in [0.3, 0.4) is 0 Å². The smallest absolute Gasteiger partial charge is 0.490 e. The number of carbonyl (C=O) groups is 1. The van der Waals surface area contributed by atoms with E-state index in [1.165, 1.54) is 0 Å². The summed E-state index contributed by atoms with van der Waals surface area (Å²) in [7, 11) is 1.60. The molecule has 4 nitrogen and oxygen atoms in total. The molecule has 0 aliphatic carbocycles. The van der Waals surface area contributed by atoms with E-state index in [-0.39, 0.29) is 0 Å². The second-order valence-electron chi connectivity index (χ2n) is 6.29. The zero-order chi connectivity index (χ0) is 18.7. The maximum absolute atomic E-state index is 12.4. The fourth-order valence-electron chi connectivity index (χ4n) is 3.32. The van der Waals surface area contributed by atoms with Crippen molar-refractivity contribution in [2.75, 3.05) is 20.2 Å². The molecule has 0 bridgehead atoms. The van der Waals surface area contributed by atoms with Crippen LogP contribution in [0.1, 0.15) is 18.4 Å². The molecule has 3 rings (SSSR count). The number of alkyl halides is 3. The van der Waals surface area contributed by atoms with Crippen LogP contribution in [0.5, 0.6) is 5.75 Å². The maximum atomic E-state index is 12.4. The molecule has 1 fully saturated rings. The van der Waals surface area contributed by atoms with Crippen molar-refractivity contribution in [1.29, 1.82) is 0 Å². The monoisotopic (exact) mass is 367 g/mol. The van der Waals surface area contributed by atoms with Crippen molar-refractivity contribution < 1.29 is 27.4 Å². The van der Waals surface area contributed by atoms with E-state index in [2.05, 4.69) is 4.74 Å². The van der Waals surface area contributed by atoms with Crippen LogP contribution in [0, 0.1) is 0 Å². The highest BCUT2D eigenvalue weighted by atomic mass is 19.4. The number of halogens is 3. The lowest BCUT2D eigenvalue weighted by Gasteiger charge is -2.25. The highest BCUT2D eigenvalue weighted by molar-refractivity contribution is 5.87. The number of benzene rings is 2. The molecule has 0 amide bonds. The third-order valence-corrected chi connectivity index (χ3v) is 4.60. The molecular formula is C19H20F3NO3. The van der Waals surface area contributed by atoms with Gasteiger partial charge in [-0.1, -0.05) is 24.3 Å². The third-order valence-electron chi connectivity index (χ3n) is 4.60. The first-order valence-electron chi connectivity index (χ1n) is 8.46. The zero-order valence-corrected chi connectivity index (χ0v) is 14.4. The number of methoxy groups -OCH3 is 1. The first-order chi connectivity index (χ1) is 12.4. The molecule has 0 aromatic heterocycles. The number of ether oxygens (including phenoxy) is 2. The Balaban J connectivity index is 1.72. The first kappa shape index (κ1) is 18.5. The van der Waals surface area contributed by atoms with Crippen molar-refractivity contribution in [3.63, 3.8) is 0 Å². The summed E-state index contributed by atoms with van der Waals surface area (Å²) in [4.78, 5) is 12.9. The number of fused-ring (bicyclic) bond motifs is 1. The van der Waals surface area contributed by atoms with Crippen molar-refractivity contribution in [3.05, 3.63) is 42.0 Å². The molecule has 26 heavy (non-hydrogen) atoms. The van der Waals surface area contributed by atoms with Gasteiger partial charge in [-0.3, -0.25) is 4.90 Å². The van der Waals surface area contributed by atoms with Crippen LogP contribution in [-0.4, -0.2) is 43.5 Å². The SMILES string of the molecule is COc1cc(CCN2CCCC2OC(=O)C(F)(F)F)c2ccccc2c1. The van der Waals surface area contributed by atoms with Crippen molar-refractivity contribution in [2.45, 2.75) is 31.7 Å². The Morgan fingerprint density at radius 3 is 2.77 bits per heavy atom. The van der Waals surface area contributed by atoms with Crippen molar-refractivity contribution in [2.24, 2.45) is 0 Å². The molecule has 2 aromatic rings. The molecule has 1 aliphatic rings. The number of nitrogens with zero attached hydrogens (tertiary/aromatic N) is 1. The van der Waals surface area contributed by atoms with E-state index in [0.717, 1.165) is 22.1 Å². The molecule has 0 radical (unpaired) electrons. The number of carbonyl (C=O) groups excluding carboxylic acids is 1. The fraction of sp³-hybridized carbons (Fsp3) is 0.421. The highest BCUT2D eigenvalue weighted by Gasteiger charge is 2.43. The number of hydrogen-bond donors (Lipinski definition) is 0. The second-order valence-corrected chi connectivity index (χ2v) is 6.29. The van der Waals surface area contributed by atoms with E-state index in [4.69, 9.17) is 4.74 Å². The quantitative estimate of drug-likeness (QED) is 0.751. The summed E-state index contributed by atoms with van der Waals surface area (Å²) in [5, 5.41) is 2.12. The van der Waals surface area contributed by atoms with E-state index in [1.807, 2.05) is 36.4 Å². The summed E-state index contributed by atoms with van der Waals surface area (Å²) in [6.07, 6.45) is -4.04. The third kappa shape index (κ3) is 4.09. The van der Waals surface area contributed by atoms with E-state index >= 15 is 0 Å². The Morgan fingerprint density at radius 2 is 2.04 bits per heavy atom. The van der Waals surface area contributed by atoms with Gasteiger partial charge < -0.3 is 9.47 Å². The lowest BCUT2D eigenvalue weighted by molar-refractivity contribution is -0.210. The Bertz CT molecular complexity index is 791. The lowest BCUT2D eigenvalue weighted by Crippen LogP contribution is -2.38. The Hall–Kier alpha value is -2.28. The van der Waals surface area contributed by atoms with Crippen LogP contribution >= 0.6 is 0 Å². The van der Waals surface area contributed by atoms with Gasteiger partial charge in [0.15, 0.2) is 6.23 Å². The van der Waals surface area contributed by atoms with Gasteiger partial charge in [-0.2, -0.15) is 13.2 Å². The van der Waals surface area contributed by atoms with Crippen LogP contribution in [0.15, 0.2) is 36.4 Å². The lowest BCUT2D eigenvalue weighted by atomic mass is 10.0. The number of rotatable bonds is 5. The van der Waals surface area contributed by atoms with Gasteiger partial charge in [0, 0.05) is 13.1 Å². The van der Waals surface area contributed by atoms with Gasteiger partial charge in [0.2, 0.25) is 0 Å². The summed E-state index contributed by atoms with van der Waals surface area (Å²) in [6, 6.07) is 11.8. The predicted molar refractivity (Wildman–Crippen MR) is 90.9 cm³/mol. The van der Waals surface area contributed by atoms with Crippen LogP contribution in [-0.2, 0) is 16.0 Å². The number of hydrogen-bond acceptors (Lipinski definition) is 4. The Kier molecular flexibility index (Phi) is 5.36. The minimum absolute atomic E-state index is 0.417. The van der Waals surface area contributed by atoms with Gasteiger partial charge in [0.25, 0.3) is 0 Å².